The van der Waals surface area contributed by atoms with Crippen LogP contribution in [-0.2, 0) is 21.7 Å². The van der Waals surface area contributed by atoms with Gasteiger partial charge in [0, 0.05) is 12.1 Å². The van der Waals surface area contributed by atoms with Crippen molar-refractivity contribution in [3.05, 3.63) is 70.3 Å². The minimum Gasteiger partial charge on any atom is -0.397 e. The maximum atomic E-state index is 14.7. The van der Waals surface area contributed by atoms with E-state index < -0.39 is 11.6 Å². The van der Waals surface area contributed by atoms with Crippen molar-refractivity contribution in [3.63, 3.8) is 0 Å². The van der Waals surface area contributed by atoms with Crippen LogP contribution < -0.4 is 22.1 Å². The predicted molar refractivity (Wildman–Crippen MR) is 169 cm³/mol. The lowest BCUT2D eigenvalue weighted by Gasteiger charge is -2.29. The molecule has 3 aromatic rings. The van der Waals surface area contributed by atoms with Gasteiger partial charge in [0.15, 0.2) is 11.6 Å². The van der Waals surface area contributed by atoms with Crippen molar-refractivity contribution in [2.24, 2.45) is 0 Å². The van der Waals surface area contributed by atoms with Crippen LogP contribution in [0, 0.1) is 11.6 Å². The fraction of sp³-hybridized carbons (Fsp3) is 0.471. The Hall–Kier alpha value is -3.28. The van der Waals surface area contributed by atoms with Crippen molar-refractivity contribution in [1.29, 1.82) is 0 Å². The van der Waals surface area contributed by atoms with Crippen LogP contribution in [0.5, 0.6) is 0 Å². The smallest absolute Gasteiger partial charge is 0.161 e. The van der Waals surface area contributed by atoms with Crippen LogP contribution in [0.2, 0.25) is 0 Å². The second-order valence-electron chi connectivity index (χ2n) is 15.0. The van der Waals surface area contributed by atoms with E-state index in [4.69, 9.17) is 11.5 Å². The summed E-state index contributed by atoms with van der Waals surface area (Å²) >= 11 is 0. The van der Waals surface area contributed by atoms with E-state index in [0.29, 0.717) is 34.1 Å². The molecule has 0 bridgehead atoms. The van der Waals surface area contributed by atoms with Gasteiger partial charge >= 0.3 is 0 Å². The fourth-order valence-electron chi connectivity index (χ4n) is 4.66. The largest absolute Gasteiger partial charge is 0.397 e. The van der Waals surface area contributed by atoms with Crippen LogP contribution in [0.4, 0.5) is 42.9 Å². The van der Waals surface area contributed by atoms with Crippen LogP contribution in [0.25, 0.3) is 0 Å². The summed E-state index contributed by atoms with van der Waals surface area (Å²) in [4.78, 5) is 0. The normalized spacial score (nSPS) is 12.9. The van der Waals surface area contributed by atoms with Gasteiger partial charge in [-0.15, -0.1) is 0 Å². The maximum Gasteiger partial charge on any atom is 0.161 e. The predicted octanol–water partition coefficient (Wildman–Crippen LogP) is 9.81. The number of hydrogen-bond donors (Lipinski definition) is 4. The molecule has 0 amide bonds. The molecule has 6 N–H and O–H groups in total. The van der Waals surface area contributed by atoms with Crippen LogP contribution in [0.3, 0.4) is 0 Å². The molecule has 0 spiro atoms. The molecule has 0 radical (unpaired) electrons. The minimum absolute atomic E-state index is 0.148. The fourth-order valence-corrected chi connectivity index (χ4v) is 4.66. The topological polar surface area (TPSA) is 76.1 Å². The van der Waals surface area contributed by atoms with E-state index in [1.807, 2.05) is 12.1 Å². The molecular formula is C34H48F2N4. The highest BCUT2D eigenvalue weighted by molar-refractivity contribution is 5.87. The van der Waals surface area contributed by atoms with Crippen molar-refractivity contribution >= 4 is 34.1 Å². The summed E-state index contributed by atoms with van der Waals surface area (Å²) in [5.74, 6) is -1.91. The average molecular weight is 551 g/mol. The standard InChI is InChI=1S/C34H48F2N4/c1-31(2,3)19-13-21(33(7,8)9)29(37)27(15-19)39-25-17-23(35)24(36)18-26(25)40-28-16-20(32(4,5)6)14-22(30(28)38)34(10,11)12/h13-18,39-40H,37-38H2,1-12H3. The Balaban J connectivity index is 2.23. The lowest BCUT2D eigenvalue weighted by atomic mass is 9.79. The summed E-state index contributed by atoms with van der Waals surface area (Å²) in [5.41, 5.74) is 19.9. The third-order valence-corrected chi connectivity index (χ3v) is 7.31. The summed E-state index contributed by atoms with van der Waals surface area (Å²) in [6, 6.07) is 10.6. The average Bonchev–Trinajstić information content (AvgIpc) is 2.76. The van der Waals surface area contributed by atoms with Gasteiger partial charge in [0.05, 0.1) is 34.1 Å². The lowest BCUT2D eigenvalue weighted by molar-refractivity contribution is 0.509. The maximum absolute atomic E-state index is 14.7. The van der Waals surface area contributed by atoms with E-state index >= 15 is 0 Å². The monoisotopic (exact) mass is 550 g/mol. The van der Waals surface area contributed by atoms with Gasteiger partial charge in [-0.3, -0.25) is 0 Å². The molecule has 0 fully saturated rings. The first-order valence-corrected chi connectivity index (χ1v) is 13.9. The first-order chi connectivity index (χ1) is 18.0. The zero-order chi connectivity index (χ0) is 30.6. The number of anilines is 6. The Bertz CT molecular complexity index is 1300. The number of nitrogens with two attached hydrogens (primary N) is 2. The van der Waals surface area contributed by atoms with Gasteiger partial charge in [-0.2, -0.15) is 0 Å². The number of nitrogen functional groups attached to an aromatic ring is 2. The molecule has 0 aromatic heterocycles. The van der Waals surface area contributed by atoms with E-state index in [-0.39, 0.29) is 21.7 Å². The minimum atomic E-state index is -0.957. The highest BCUT2D eigenvalue weighted by Crippen LogP contribution is 2.43. The lowest BCUT2D eigenvalue weighted by Crippen LogP contribution is -2.20. The van der Waals surface area contributed by atoms with Crippen molar-refractivity contribution < 1.29 is 8.78 Å². The highest BCUT2D eigenvalue weighted by atomic mass is 19.2. The van der Waals surface area contributed by atoms with Gasteiger partial charge < -0.3 is 22.1 Å². The second kappa shape index (κ2) is 10.3. The molecule has 0 heterocycles. The van der Waals surface area contributed by atoms with E-state index in [2.05, 4.69) is 106 Å². The van der Waals surface area contributed by atoms with E-state index in [0.717, 1.165) is 34.4 Å². The van der Waals surface area contributed by atoms with Crippen LogP contribution >= 0.6 is 0 Å². The Morgan fingerprint density at radius 2 is 0.750 bits per heavy atom. The molecule has 0 unspecified atom stereocenters. The van der Waals surface area contributed by atoms with Crippen molar-refractivity contribution in [3.8, 4) is 0 Å². The molecule has 0 atom stereocenters. The third-order valence-electron chi connectivity index (χ3n) is 7.31. The van der Waals surface area contributed by atoms with Gasteiger partial charge in [-0.25, -0.2) is 8.78 Å². The van der Waals surface area contributed by atoms with Crippen LogP contribution in [0.15, 0.2) is 36.4 Å². The summed E-state index contributed by atoms with van der Waals surface area (Å²) in [7, 11) is 0. The first kappa shape index (κ1) is 31.3. The quantitative estimate of drug-likeness (QED) is 0.244. The van der Waals surface area contributed by atoms with E-state index in [9.17, 15) is 8.78 Å². The van der Waals surface area contributed by atoms with Crippen LogP contribution in [-0.4, -0.2) is 0 Å². The molecule has 4 nitrogen and oxygen atoms in total. The second-order valence-corrected chi connectivity index (χ2v) is 15.0. The summed E-state index contributed by atoms with van der Waals surface area (Å²) in [6.07, 6.45) is 0. The molecule has 0 saturated carbocycles. The first-order valence-electron chi connectivity index (χ1n) is 13.9. The summed E-state index contributed by atoms with van der Waals surface area (Å²) in [6.45, 7) is 25.5. The molecule has 40 heavy (non-hydrogen) atoms. The molecule has 6 heteroatoms. The number of rotatable bonds is 4. The number of halogens is 2. The summed E-state index contributed by atoms with van der Waals surface area (Å²) < 4.78 is 29.3. The molecule has 0 saturated heterocycles. The van der Waals surface area contributed by atoms with E-state index in [1.165, 1.54) is 0 Å². The zero-order valence-corrected chi connectivity index (χ0v) is 26.4. The Morgan fingerprint density at radius 1 is 0.450 bits per heavy atom. The number of benzene rings is 3. The van der Waals surface area contributed by atoms with Crippen molar-refractivity contribution in [1.82, 2.24) is 0 Å². The molecule has 3 rings (SSSR count). The molecule has 218 valence electrons. The Kier molecular flexibility index (Phi) is 8.03. The Morgan fingerprint density at radius 3 is 1.00 bits per heavy atom. The van der Waals surface area contributed by atoms with Gasteiger partial charge in [0.1, 0.15) is 0 Å². The van der Waals surface area contributed by atoms with Gasteiger partial charge in [0.25, 0.3) is 0 Å². The van der Waals surface area contributed by atoms with E-state index in [1.54, 1.807) is 0 Å². The molecular weight excluding hydrogens is 502 g/mol. The Labute approximate surface area is 239 Å². The highest BCUT2D eigenvalue weighted by Gasteiger charge is 2.26. The van der Waals surface area contributed by atoms with Gasteiger partial charge in [0.2, 0.25) is 0 Å². The number of hydrogen-bond acceptors (Lipinski definition) is 4. The molecule has 0 aliphatic rings. The van der Waals surface area contributed by atoms with Gasteiger partial charge in [-0.05, 0) is 56.0 Å². The van der Waals surface area contributed by atoms with Crippen molar-refractivity contribution in [2.45, 2.75) is 105 Å². The van der Waals surface area contributed by atoms with Gasteiger partial charge in [-0.1, -0.05) is 95.2 Å². The van der Waals surface area contributed by atoms with Crippen LogP contribution in [0.1, 0.15) is 105 Å². The molecule has 0 aliphatic carbocycles. The summed E-state index contributed by atoms with van der Waals surface area (Å²) in [5, 5.41) is 6.66. The zero-order valence-electron chi connectivity index (χ0n) is 26.4. The number of nitrogens with one attached hydrogen (secondary N) is 2. The van der Waals surface area contributed by atoms with Crippen molar-refractivity contribution in [2.75, 3.05) is 22.1 Å². The molecule has 0 aliphatic heterocycles. The SMILES string of the molecule is CC(C)(C)c1cc(Nc2cc(F)c(F)cc2Nc2cc(C(C)(C)C)cc(C(C)(C)C)c2N)c(N)c(C(C)(C)C)c1. The molecule has 3 aromatic carbocycles. The third kappa shape index (κ3) is 6.71.